The Morgan fingerprint density at radius 3 is 2.55 bits per heavy atom. The number of carbonyl (C=O) groups excluding carboxylic acids is 2. The summed E-state index contributed by atoms with van der Waals surface area (Å²) in [6, 6.07) is 5.98. The standard InChI is InChI=1S/C23H32N4O2/c1-5-12-26(13-6-2)23(29)20-19-9-7-8-14-27(19)21(25-20)22(28)24-18-15-16(3)10-11-17(18)4/h10-11,15H,5-9,12-14H2,1-4H3,(H,24,28). The Bertz CT molecular complexity index is 895. The molecule has 6 nitrogen and oxygen atoms in total. The predicted octanol–water partition coefficient (Wildman–Crippen LogP) is 4.35. The van der Waals surface area contributed by atoms with Gasteiger partial charge in [0.2, 0.25) is 0 Å². The third kappa shape index (κ3) is 4.52. The zero-order chi connectivity index (χ0) is 21.0. The van der Waals surface area contributed by atoms with Gasteiger partial charge in [-0.3, -0.25) is 9.59 Å². The van der Waals surface area contributed by atoms with E-state index in [1.165, 1.54) is 0 Å². The second-order valence-electron chi connectivity index (χ2n) is 7.90. The molecule has 1 aliphatic rings. The topological polar surface area (TPSA) is 67.2 Å². The molecule has 0 unspecified atom stereocenters. The highest BCUT2D eigenvalue weighted by Crippen LogP contribution is 2.24. The molecule has 0 aliphatic carbocycles. The number of anilines is 1. The first kappa shape index (κ1) is 21.1. The summed E-state index contributed by atoms with van der Waals surface area (Å²) >= 11 is 0. The number of rotatable bonds is 7. The van der Waals surface area contributed by atoms with Gasteiger partial charge in [-0.1, -0.05) is 26.0 Å². The van der Waals surface area contributed by atoms with Crippen molar-refractivity contribution >= 4 is 17.5 Å². The quantitative estimate of drug-likeness (QED) is 0.756. The minimum Gasteiger partial charge on any atom is -0.337 e. The van der Waals surface area contributed by atoms with Crippen molar-refractivity contribution < 1.29 is 9.59 Å². The second-order valence-corrected chi connectivity index (χ2v) is 7.90. The number of nitrogens with zero attached hydrogens (tertiary/aromatic N) is 3. The van der Waals surface area contributed by atoms with Crippen LogP contribution in [0, 0.1) is 13.8 Å². The van der Waals surface area contributed by atoms with Crippen LogP contribution in [-0.2, 0) is 13.0 Å². The van der Waals surface area contributed by atoms with Gasteiger partial charge in [0.05, 0.1) is 5.69 Å². The van der Waals surface area contributed by atoms with Gasteiger partial charge in [-0.15, -0.1) is 0 Å². The lowest BCUT2D eigenvalue weighted by molar-refractivity contribution is 0.0748. The van der Waals surface area contributed by atoms with Crippen LogP contribution < -0.4 is 5.32 Å². The highest BCUT2D eigenvalue weighted by molar-refractivity contribution is 6.04. The molecule has 1 aromatic carbocycles. The number of amides is 2. The summed E-state index contributed by atoms with van der Waals surface area (Å²) < 4.78 is 1.95. The molecule has 6 heteroatoms. The van der Waals surface area contributed by atoms with Crippen molar-refractivity contribution in [1.82, 2.24) is 14.5 Å². The summed E-state index contributed by atoms with van der Waals surface area (Å²) in [6.45, 7) is 10.3. The molecule has 156 valence electrons. The van der Waals surface area contributed by atoms with Gasteiger partial charge < -0.3 is 14.8 Å². The van der Waals surface area contributed by atoms with E-state index in [2.05, 4.69) is 24.1 Å². The van der Waals surface area contributed by atoms with Crippen molar-refractivity contribution in [2.24, 2.45) is 0 Å². The maximum Gasteiger partial charge on any atom is 0.291 e. The maximum absolute atomic E-state index is 13.2. The lowest BCUT2D eigenvalue weighted by atomic mass is 10.1. The molecule has 0 saturated carbocycles. The average molecular weight is 397 g/mol. The molecule has 29 heavy (non-hydrogen) atoms. The van der Waals surface area contributed by atoms with E-state index in [9.17, 15) is 9.59 Å². The van der Waals surface area contributed by atoms with E-state index in [1.807, 2.05) is 41.5 Å². The lowest BCUT2D eigenvalue weighted by Crippen LogP contribution is -2.33. The van der Waals surface area contributed by atoms with Gasteiger partial charge >= 0.3 is 0 Å². The monoisotopic (exact) mass is 396 g/mol. The van der Waals surface area contributed by atoms with Crippen molar-refractivity contribution in [2.45, 2.75) is 66.3 Å². The third-order valence-corrected chi connectivity index (χ3v) is 5.44. The highest BCUT2D eigenvalue weighted by atomic mass is 16.2. The number of hydrogen-bond acceptors (Lipinski definition) is 3. The van der Waals surface area contributed by atoms with Crippen LogP contribution in [0.3, 0.4) is 0 Å². The van der Waals surface area contributed by atoms with Crippen LogP contribution in [0.1, 0.15) is 77.5 Å². The summed E-state index contributed by atoms with van der Waals surface area (Å²) in [6.07, 6.45) is 4.61. The number of aryl methyl sites for hydroxylation is 2. The van der Waals surface area contributed by atoms with Gasteiger partial charge in [0.1, 0.15) is 5.69 Å². The van der Waals surface area contributed by atoms with Crippen molar-refractivity contribution in [3.05, 3.63) is 46.5 Å². The minimum absolute atomic E-state index is 0.0508. The average Bonchev–Trinajstić information content (AvgIpc) is 3.10. The molecule has 1 aliphatic heterocycles. The molecular weight excluding hydrogens is 364 g/mol. The fourth-order valence-electron chi connectivity index (χ4n) is 3.94. The Labute approximate surface area is 173 Å². The number of nitrogens with one attached hydrogen (secondary N) is 1. The summed E-state index contributed by atoms with van der Waals surface area (Å²) in [7, 11) is 0. The lowest BCUT2D eigenvalue weighted by Gasteiger charge is -2.22. The Morgan fingerprint density at radius 1 is 1.14 bits per heavy atom. The van der Waals surface area contributed by atoms with Gasteiger partial charge in [-0.2, -0.15) is 0 Å². The maximum atomic E-state index is 13.2. The molecule has 2 amide bonds. The summed E-state index contributed by atoms with van der Waals surface area (Å²) in [4.78, 5) is 32.7. The SMILES string of the molecule is CCCN(CCC)C(=O)c1nc(C(=O)Nc2cc(C)ccc2C)n2c1CCCC2. The summed E-state index contributed by atoms with van der Waals surface area (Å²) in [5.74, 6) is 0.0421. The van der Waals surface area contributed by atoms with Gasteiger partial charge in [-0.25, -0.2) is 4.98 Å². The van der Waals surface area contributed by atoms with Crippen LogP contribution in [0.15, 0.2) is 18.2 Å². The number of imidazole rings is 1. The van der Waals surface area contributed by atoms with E-state index in [4.69, 9.17) is 0 Å². The number of aromatic nitrogens is 2. The van der Waals surface area contributed by atoms with E-state index >= 15 is 0 Å². The molecule has 3 rings (SSSR count). The normalized spacial score (nSPS) is 13.1. The first-order valence-electron chi connectivity index (χ1n) is 10.7. The molecule has 0 radical (unpaired) electrons. The first-order chi connectivity index (χ1) is 14.0. The molecule has 0 atom stereocenters. The Kier molecular flexibility index (Phi) is 6.72. The number of hydrogen-bond donors (Lipinski definition) is 1. The van der Waals surface area contributed by atoms with Crippen LogP contribution >= 0.6 is 0 Å². The largest absolute Gasteiger partial charge is 0.337 e. The fraction of sp³-hybridized carbons (Fsp3) is 0.522. The van der Waals surface area contributed by atoms with Crippen LogP contribution in [-0.4, -0.2) is 39.4 Å². The molecule has 2 aromatic rings. The Morgan fingerprint density at radius 2 is 1.86 bits per heavy atom. The summed E-state index contributed by atoms with van der Waals surface area (Å²) in [5.41, 5.74) is 4.24. The molecule has 0 spiro atoms. The van der Waals surface area contributed by atoms with Crippen molar-refractivity contribution in [1.29, 1.82) is 0 Å². The van der Waals surface area contributed by atoms with E-state index in [0.29, 0.717) is 24.6 Å². The van der Waals surface area contributed by atoms with Gasteiger partial charge in [0.25, 0.3) is 11.8 Å². The van der Waals surface area contributed by atoms with Gasteiger partial charge in [-0.05, 0) is 63.1 Å². The zero-order valence-corrected chi connectivity index (χ0v) is 18.0. The number of carbonyl (C=O) groups is 2. The smallest absolute Gasteiger partial charge is 0.291 e. The van der Waals surface area contributed by atoms with Crippen molar-refractivity contribution in [3.63, 3.8) is 0 Å². The molecule has 1 N–H and O–H groups in total. The van der Waals surface area contributed by atoms with Crippen LogP contribution in [0.25, 0.3) is 0 Å². The van der Waals surface area contributed by atoms with Crippen molar-refractivity contribution in [3.8, 4) is 0 Å². The van der Waals surface area contributed by atoms with E-state index in [1.54, 1.807) is 0 Å². The molecule has 2 heterocycles. The van der Waals surface area contributed by atoms with Crippen molar-refractivity contribution in [2.75, 3.05) is 18.4 Å². The van der Waals surface area contributed by atoms with E-state index in [0.717, 1.165) is 61.2 Å². The molecule has 0 bridgehead atoms. The molecule has 0 fully saturated rings. The molecular formula is C23H32N4O2. The summed E-state index contributed by atoms with van der Waals surface area (Å²) in [5, 5.41) is 3.00. The Hall–Kier alpha value is -2.63. The predicted molar refractivity (Wildman–Crippen MR) is 116 cm³/mol. The van der Waals surface area contributed by atoms with Gasteiger partial charge in [0.15, 0.2) is 5.82 Å². The first-order valence-corrected chi connectivity index (χ1v) is 10.7. The third-order valence-electron chi connectivity index (χ3n) is 5.44. The van der Waals surface area contributed by atoms with E-state index < -0.39 is 0 Å². The second kappa shape index (κ2) is 9.25. The molecule has 1 aromatic heterocycles. The van der Waals surface area contributed by atoms with Crippen LogP contribution in [0.4, 0.5) is 5.69 Å². The van der Waals surface area contributed by atoms with Crippen LogP contribution in [0.2, 0.25) is 0 Å². The van der Waals surface area contributed by atoms with Crippen LogP contribution in [0.5, 0.6) is 0 Å². The number of fused-ring (bicyclic) bond motifs is 1. The fourth-order valence-corrected chi connectivity index (χ4v) is 3.94. The van der Waals surface area contributed by atoms with Gasteiger partial charge in [0, 0.05) is 25.3 Å². The van der Waals surface area contributed by atoms with E-state index in [-0.39, 0.29) is 11.8 Å². The molecule has 0 saturated heterocycles. The number of benzene rings is 1. The minimum atomic E-state index is -0.251. The Balaban J connectivity index is 1.94. The highest BCUT2D eigenvalue weighted by Gasteiger charge is 2.29. The zero-order valence-electron chi connectivity index (χ0n) is 18.0.